The third-order valence-corrected chi connectivity index (χ3v) is 3.68. The fourth-order valence-electron chi connectivity index (χ4n) is 2.50. The Hall–Kier alpha value is -1.22. The van der Waals surface area contributed by atoms with Crippen LogP contribution in [0.25, 0.3) is 0 Å². The molecule has 1 fully saturated rings. The van der Waals surface area contributed by atoms with Crippen molar-refractivity contribution in [2.75, 3.05) is 38.7 Å². The third kappa shape index (κ3) is 2.72. The highest BCUT2D eigenvalue weighted by Gasteiger charge is 2.24. The number of ether oxygens (including phenoxy) is 1. The van der Waals surface area contributed by atoms with Gasteiger partial charge in [0.15, 0.2) is 0 Å². The van der Waals surface area contributed by atoms with Crippen LogP contribution in [0.5, 0.6) is 5.75 Å². The Kier molecular flexibility index (Phi) is 3.89. The molecule has 0 bridgehead atoms. The lowest BCUT2D eigenvalue weighted by Gasteiger charge is -2.26. The molecule has 1 heterocycles. The van der Waals surface area contributed by atoms with Gasteiger partial charge in [-0.25, -0.2) is 0 Å². The van der Waals surface area contributed by atoms with Crippen molar-refractivity contribution in [1.82, 2.24) is 5.32 Å². The maximum Gasteiger partial charge on any atom is 0.142 e. The molecule has 0 aromatic heterocycles. The largest absolute Gasteiger partial charge is 0.495 e. The number of methoxy groups -OCH3 is 1. The Labute approximate surface area is 104 Å². The van der Waals surface area contributed by atoms with Crippen molar-refractivity contribution in [1.29, 1.82) is 0 Å². The first-order chi connectivity index (χ1) is 8.22. The zero-order valence-corrected chi connectivity index (χ0v) is 10.9. The van der Waals surface area contributed by atoms with Crippen LogP contribution in [0.4, 0.5) is 5.69 Å². The monoisotopic (exact) mass is 234 g/mol. The summed E-state index contributed by atoms with van der Waals surface area (Å²) in [6.45, 7) is 5.67. The van der Waals surface area contributed by atoms with Crippen molar-refractivity contribution >= 4 is 5.69 Å². The van der Waals surface area contributed by atoms with Crippen LogP contribution in [0.2, 0.25) is 0 Å². The van der Waals surface area contributed by atoms with Crippen LogP contribution in [-0.2, 0) is 0 Å². The quantitative estimate of drug-likeness (QED) is 0.862. The molecule has 17 heavy (non-hydrogen) atoms. The molecule has 0 spiro atoms. The van der Waals surface area contributed by atoms with E-state index in [2.05, 4.69) is 36.3 Å². The molecule has 1 aliphatic rings. The van der Waals surface area contributed by atoms with Gasteiger partial charge in [0, 0.05) is 13.6 Å². The topological polar surface area (TPSA) is 24.5 Å². The molecule has 1 aromatic carbocycles. The number of nitrogens with one attached hydrogen (secondary N) is 1. The zero-order chi connectivity index (χ0) is 12.3. The van der Waals surface area contributed by atoms with Gasteiger partial charge < -0.3 is 15.0 Å². The molecule has 3 heteroatoms. The minimum atomic E-state index is 0.727. The van der Waals surface area contributed by atoms with Gasteiger partial charge in [0.25, 0.3) is 0 Å². The van der Waals surface area contributed by atoms with E-state index in [1.54, 1.807) is 7.11 Å². The number of hydrogen-bond donors (Lipinski definition) is 1. The maximum atomic E-state index is 5.40. The van der Waals surface area contributed by atoms with E-state index in [1.807, 2.05) is 12.1 Å². The maximum absolute atomic E-state index is 5.40. The zero-order valence-electron chi connectivity index (χ0n) is 10.9. The minimum absolute atomic E-state index is 0.727. The molecule has 1 aliphatic heterocycles. The van der Waals surface area contributed by atoms with Gasteiger partial charge >= 0.3 is 0 Å². The smallest absolute Gasteiger partial charge is 0.142 e. The average molecular weight is 234 g/mol. The molecule has 1 N–H and O–H groups in total. The summed E-state index contributed by atoms with van der Waals surface area (Å²) >= 11 is 0. The molecule has 0 saturated carbocycles. The van der Waals surface area contributed by atoms with Crippen LogP contribution >= 0.6 is 0 Å². The van der Waals surface area contributed by atoms with Crippen molar-refractivity contribution < 1.29 is 4.74 Å². The first-order valence-electron chi connectivity index (χ1n) is 6.27. The fraction of sp³-hybridized carbons (Fsp3) is 0.571. The first-order valence-corrected chi connectivity index (χ1v) is 6.27. The molecule has 1 aromatic rings. The first kappa shape index (κ1) is 12.2. The number of para-hydroxylation sites is 2. The van der Waals surface area contributed by atoms with Crippen LogP contribution < -0.4 is 15.0 Å². The fourth-order valence-corrected chi connectivity index (χ4v) is 2.50. The summed E-state index contributed by atoms with van der Waals surface area (Å²) in [6, 6.07) is 8.20. The highest BCUT2D eigenvalue weighted by molar-refractivity contribution is 5.57. The Morgan fingerprint density at radius 3 is 2.76 bits per heavy atom. The molecule has 0 unspecified atom stereocenters. The summed E-state index contributed by atoms with van der Waals surface area (Å²) in [6.07, 6.45) is 0. The van der Waals surface area contributed by atoms with Gasteiger partial charge in [-0.2, -0.15) is 0 Å². The molecule has 94 valence electrons. The van der Waals surface area contributed by atoms with E-state index < -0.39 is 0 Å². The van der Waals surface area contributed by atoms with Gasteiger partial charge in [0.2, 0.25) is 0 Å². The Morgan fingerprint density at radius 2 is 2.12 bits per heavy atom. The third-order valence-electron chi connectivity index (χ3n) is 3.68. The minimum Gasteiger partial charge on any atom is -0.495 e. The Morgan fingerprint density at radius 1 is 1.35 bits per heavy atom. The van der Waals surface area contributed by atoms with Gasteiger partial charge in [-0.15, -0.1) is 0 Å². The van der Waals surface area contributed by atoms with E-state index in [-0.39, 0.29) is 0 Å². The van der Waals surface area contributed by atoms with Gasteiger partial charge in [0.05, 0.1) is 12.8 Å². The second-order valence-corrected chi connectivity index (χ2v) is 4.95. The molecule has 0 amide bonds. The van der Waals surface area contributed by atoms with Gasteiger partial charge in [-0.05, 0) is 37.1 Å². The van der Waals surface area contributed by atoms with Crippen LogP contribution in [-0.4, -0.2) is 33.8 Å². The average Bonchev–Trinajstić information content (AvgIpc) is 2.75. The standard InChI is InChI=1S/C14H22N2O/c1-11-8-15-9-12(11)10-16(2)13-6-4-5-7-14(13)17-3/h4-7,11-12,15H,8-10H2,1-3H3/t11-,12+/m1/s1. The summed E-state index contributed by atoms with van der Waals surface area (Å²) in [5.74, 6) is 2.44. The normalized spacial score (nSPS) is 23.7. The van der Waals surface area contributed by atoms with E-state index >= 15 is 0 Å². The molecular formula is C14H22N2O. The lowest BCUT2D eigenvalue weighted by atomic mass is 9.97. The summed E-state index contributed by atoms with van der Waals surface area (Å²) in [5, 5.41) is 3.45. The lowest BCUT2D eigenvalue weighted by molar-refractivity contribution is 0.411. The second kappa shape index (κ2) is 5.41. The molecular weight excluding hydrogens is 212 g/mol. The van der Waals surface area contributed by atoms with Crippen LogP contribution in [0.15, 0.2) is 24.3 Å². The Balaban J connectivity index is 2.06. The highest BCUT2D eigenvalue weighted by atomic mass is 16.5. The number of anilines is 1. The lowest BCUT2D eigenvalue weighted by Crippen LogP contribution is -2.29. The van der Waals surface area contributed by atoms with Crippen molar-refractivity contribution in [3.8, 4) is 5.75 Å². The van der Waals surface area contributed by atoms with Crippen LogP contribution in [0, 0.1) is 11.8 Å². The number of nitrogens with zero attached hydrogens (tertiary/aromatic N) is 1. The van der Waals surface area contributed by atoms with Crippen molar-refractivity contribution in [2.24, 2.45) is 11.8 Å². The summed E-state index contributed by atoms with van der Waals surface area (Å²) < 4.78 is 5.40. The Bertz CT molecular complexity index is 367. The summed E-state index contributed by atoms with van der Waals surface area (Å²) in [5.41, 5.74) is 1.18. The van der Waals surface area contributed by atoms with Crippen LogP contribution in [0.3, 0.4) is 0 Å². The summed E-state index contributed by atoms with van der Waals surface area (Å²) in [4.78, 5) is 2.30. The SMILES string of the molecule is COc1ccccc1N(C)C[C@@H]1CNC[C@H]1C. The van der Waals surface area contributed by atoms with Crippen molar-refractivity contribution in [3.05, 3.63) is 24.3 Å². The van der Waals surface area contributed by atoms with E-state index in [4.69, 9.17) is 4.74 Å². The molecule has 3 nitrogen and oxygen atoms in total. The molecule has 2 rings (SSSR count). The number of hydrogen-bond acceptors (Lipinski definition) is 3. The van der Waals surface area contributed by atoms with Crippen LogP contribution in [0.1, 0.15) is 6.92 Å². The molecule has 0 radical (unpaired) electrons. The van der Waals surface area contributed by atoms with Gasteiger partial charge in [-0.3, -0.25) is 0 Å². The molecule has 2 atom stereocenters. The van der Waals surface area contributed by atoms with Crippen molar-refractivity contribution in [2.45, 2.75) is 6.92 Å². The van der Waals surface area contributed by atoms with Crippen molar-refractivity contribution in [3.63, 3.8) is 0 Å². The van der Waals surface area contributed by atoms with Gasteiger partial charge in [0.1, 0.15) is 5.75 Å². The number of benzene rings is 1. The van der Waals surface area contributed by atoms with E-state index in [9.17, 15) is 0 Å². The van der Waals surface area contributed by atoms with Gasteiger partial charge in [-0.1, -0.05) is 19.1 Å². The van der Waals surface area contributed by atoms with E-state index in [0.717, 1.165) is 37.2 Å². The number of rotatable bonds is 4. The molecule has 1 saturated heterocycles. The predicted octanol–water partition coefficient (Wildman–Crippen LogP) is 1.99. The van der Waals surface area contributed by atoms with E-state index in [0.29, 0.717) is 0 Å². The second-order valence-electron chi connectivity index (χ2n) is 4.95. The van der Waals surface area contributed by atoms with E-state index in [1.165, 1.54) is 5.69 Å². The highest BCUT2D eigenvalue weighted by Crippen LogP contribution is 2.28. The summed E-state index contributed by atoms with van der Waals surface area (Å²) in [7, 11) is 3.87. The molecule has 0 aliphatic carbocycles. The predicted molar refractivity (Wildman–Crippen MR) is 71.8 cm³/mol.